The van der Waals surface area contributed by atoms with Crippen molar-refractivity contribution in [1.29, 1.82) is 0 Å². The number of anilines is 1. The Morgan fingerprint density at radius 3 is 2.37 bits per heavy atom. The molecule has 0 spiro atoms. The zero-order chi connectivity index (χ0) is 14.2. The highest BCUT2D eigenvalue weighted by molar-refractivity contribution is 7.14. The molecule has 0 aliphatic carbocycles. The number of carbonyl (C=O) groups is 1. The van der Waals surface area contributed by atoms with Crippen LogP contribution in [-0.4, -0.2) is 5.78 Å². The second-order valence-electron chi connectivity index (χ2n) is 5.81. The third kappa shape index (κ3) is 2.87. The average molecular weight is 273 g/mol. The summed E-state index contributed by atoms with van der Waals surface area (Å²) in [5.74, 6) is 0.0728. The summed E-state index contributed by atoms with van der Waals surface area (Å²) in [6.45, 7) is 8.38. The normalized spacial score (nSPS) is 11.6. The number of hydrogen-bond donors (Lipinski definition) is 1. The molecule has 1 aromatic heterocycles. The van der Waals surface area contributed by atoms with E-state index in [1.54, 1.807) is 23.5 Å². The molecular formula is C16H19NOS. The van der Waals surface area contributed by atoms with Gasteiger partial charge >= 0.3 is 0 Å². The zero-order valence-corrected chi connectivity index (χ0v) is 12.6. The number of nitrogen functional groups attached to an aromatic ring is 1. The summed E-state index contributed by atoms with van der Waals surface area (Å²) >= 11 is 1.57. The van der Waals surface area contributed by atoms with Crippen LogP contribution in [0.25, 0.3) is 0 Å². The van der Waals surface area contributed by atoms with Gasteiger partial charge in [-0.05, 0) is 48.2 Å². The van der Waals surface area contributed by atoms with E-state index < -0.39 is 0 Å². The molecule has 2 nitrogen and oxygen atoms in total. The lowest BCUT2D eigenvalue weighted by Gasteiger charge is -2.15. The van der Waals surface area contributed by atoms with E-state index in [0.29, 0.717) is 5.56 Å². The Morgan fingerprint density at radius 2 is 1.84 bits per heavy atom. The van der Waals surface area contributed by atoms with E-state index in [0.717, 1.165) is 16.1 Å². The number of ketones is 1. The van der Waals surface area contributed by atoms with Crippen LogP contribution >= 0.6 is 11.3 Å². The van der Waals surface area contributed by atoms with Crippen molar-refractivity contribution in [2.24, 2.45) is 0 Å². The van der Waals surface area contributed by atoms with Crippen molar-refractivity contribution in [2.75, 3.05) is 5.73 Å². The van der Waals surface area contributed by atoms with Gasteiger partial charge in [0.15, 0.2) is 0 Å². The smallest absolute Gasteiger partial charge is 0.202 e. The highest BCUT2D eigenvalue weighted by Gasteiger charge is 2.19. The minimum atomic E-state index is 0.0728. The van der Waals surface area contributed by atoms with E-state index in [-0.39, 0.29) is 11.2 Å². The fraction of sp³-hybridized carbons (Fsp3) is 0.312. The molecule has 0 saturated heterocycles. The van der Waals surface area contributed by atoms with Gasteiger partial charge in [0.25, 0.3) is 0 Å². The van der Waals surface area contributed by atoms with Gasteiger partial charge in [0.05, 0.1) is 4.88 Å². The summed E-state index contributed by atoms with van der Waals surface area (Å²) in [4.78, 5) is 14.4. The van der Waals surface area contributed by atoms with Gasteiger partial charge in [0.2, 0.25) is 5.78 Å². The van der Waals surface area contributed by atoms with Gasteiger partial charge < -0.3 is 5.73 Å². The maximum Gasteiger partial charge on any atom is 0.202 e. The van der Waals surface area contributed by atoms with Crippen LogP contribution in [0.3, 0.4) is 0 Å². The lowest BCUT2D eigenvalue weighted by Crippen LogP contribution is -2.08. The molecule has 0 aliphatic rings. The van der Waals surface area contributed by atoms with Crippen LogP contribution in [0.5, 0.6) is 0 Å². The molecule has 100 valence electrons. The maximum atomic E-state index is 12.4. The van der Waals surface area contributed by atoms with Crippen molar-refractivity contribution >= 4 is 22.8 Å². The summed E-state index contributed by atoms with van der Waals surface area (Å²) in [6, 6.07) is 9.40. The van der Waals surface area contributed by atoms with Gasteiger partial charge in [-0.3, -0.25) is 4.79 Å². The molecule has 3 heteroatoms. The molecule has 0 radical (unpaired) electrons. The second-order valence-corrected chi connectivity index (χ2v) is 6.90. The molecule has 0 saturated carbocycles. The summed E-state index contributed by atoms with van der Waals surface area (Å²) < 4.78 is 0. The fourth-order valence-electron chi connectivity index (χ4n) is 1.82. The topological polar surface area (TPSA) is 43.1 Å². The van der Waals surface area contributed by atoms with E-state index in [4.69, 9.17) is 5.73 Å². The first-order valence-corrected chi connectivity index (χ1v) is 7.12. The third-order valence-electron chi connectivity index (χ3n) is 3.10. The summed E-state index contributed by atoms with van der Waals surface area (Å²) in [5, 5.41) is 0. The standard InChI is InChI=1S/C16H19NOS/c1-10-9-11(5-6-12(10)17)15(18)13-7-8-14(19-13)16(2,3)4/h5-9H,17H2,1-4H3. The predicted octanol–water partition coefficient (Wildman–Crippen LogP) is 4.17. The number of hydrogen-bond acceptors (Lipinski definition) is 3. The fourth-order valence-corrected chi connectivity index (χ4v) is 2.85. The number of thiophene rings is 1. The minimum Gasteiger partial charge on any atom is -0.399 e. The van der Waals surface area contributed by atoms with Gasteiger partial charge in [-0.25, -0.2) is 0 Å². The minimum absolute atomic E-state index is 0.0728. The SMILES string of the molecule is Cc1cc(C(=O)c2ccc(C(C)(C)C)s2)ccc1N. The maximum absolute atomic E-state index is 12.4. The molecular weight excluding hydrogens is 254 g/mol. The van der Waals surface area contributed by atoms with Crippen LogP contribution in [0, 0.1) is 6.92 Å². The molecule has 1 heterocycles. The molecule has 0 amide bonds. The van der Waals surface area contributed by atoms with E-state index in [2.05, 4.69) is 20.8 Å². The summed E-state index contributed by atoms with van der Waals surface area (Å²) in [5.41, 5.74) is 8.23. The first-order valence-electron chi connectivity index (χ1n) is 6.30. The average Bonchev–Trinajstić information content (AvgIpc) is 2.81. The Labute approximate surface area is 118 Å². The molecule has 0 unspecified atom stereocenters. The molecule has 0 fully saturated rings. The lowest BCUT2D eigenvalue weighted by atomic mass is 9.95. The van der Waals surface area contributed by atoms with Gasteiger partial charge in [-0.2, -0.15) is 0 Å². The quantitative estimate of drug-likeness (QED) is 0.659. The van der Waals surface area contributed by atoms with E-state index in [9.17, 15) is 4.79 Å². The lowest BCUT2D eigenvalue weighted by molar-refractivity contribution is 0.104. The van der Waals surface area contributed by atoms with Crippen molar-refractivity contribution < 1.29 is 4.79 Å². The van der Waals surface area contributed by atoms with Crippen molar-refractivity contribution in [3.63, 3.8) is 0 Å². The van der Waals surface area contributed by atoms with Gasteiger partial charge in [-0.1, -0.05) is 20.8 Å². The monoisotopic (exact) mass is 273 g/mol. The molecule has 19 heavy (non-hydrogen) atoms. The van der Waals surface area contributed by atoms with Gasteiger partial charge in [0.1, 0.15) is 0 Å². The van der Waals surface area contributed by atoms with Crippen molar-refractivity contribution in [3.8, 4) is 0 Å². The molecule has 0 aliphatic heterocycles. The van der Waals surface area contributed by atoms with Crippen LogP contribution < -0.4 is 5.73 Å². The van der Waals surface area contributed by atoms with Crippen molar-refractivity contribution in [2.45, 2.75) is 33.1 Å². The van der Waals surface area contributed by atoms with Crippen LogP contribution in [0.4, 0.5) is 5.69 Å². The Kier molecular flexibility index (Phi) is 3.50. The van der Waals surface area contributed by atoms with Crippen LogP contribution in [0.2, 0.25) is 0 Å². The highest BCUT2D eigenvalue weighted by atomic mass is 32.1. The van der Waals surface area contributed by atoms with Crippen LogP contribution in [-0.2, 0) is 5.41 Å². The van der Waals surface area contributed by atoms with Gasteiger partial charge in [-0.15, -0.1) is 11.3 Å². The predicted molar refractivity (Wildman–Crippen MR) is 82.0 cm³/mol. The van der Waals surface area contributed by atoms with Crippen LogP contribution in [0.1, 0.15) is 46.4 Å². The zero-order valence-electron chi connectivity index (χ0n) is 11.8. The van der Waals surface area contributed by atoms with E-state index in [1.165, 1.54) is 4.88 Å². The van der Waals surface area contributed by atoms with Crippen molar-refractivity contribution in [3.05, 3.63) is 51.2 Å². The third-order valence-corrected chi connectivity index (χ3v) is 4.61. The Balaban J connectivity index is 2.34. The number of carbonyl (C=O) groups excluding carboxylic acids is 1. The molecule has 2 rings (SSSR count). The van der Waals surface area contributed by atoms with Crippen LogP contribution in [0.15, 0.2) is 30.3 Å². The number of nitrogens with two attached hydrogens (primary N) is 1. The number of aryl methyl sites for hydroxylation is 1. The van der Waals surface area contributed by atoms with E-state index >= 15 is 0 Å². The van der Waals surface area contributed by atoms with E-state index in [1.807, 2.05) is 25.1 Å². The molecule has 2 N–H and O–H groups in total. The first kappa shape index (κ1) is 13.8. The number of benzene rings is 1. The highest BCUT2D eigenvalue weighted by Crippen LogP contribution is 2.30. The second kappa shape index (κ2) is 4.82. The Bertz CT molecular complexity index is 620. The Morgan fingerprint density at radius 1 is 1.16 bits per heavy atom. The van der Waals surface area contributed by atoms with Gasteiger partial charge in [0, 0.05) is 16.1 Å². The Hall–Kier alpha value is -1.61. The summed E-state index contributed by atoms with van der Waals surface area (Å²) in [7, 11) is 0. The first-order chi connectivity index (χ1) is 8.79. The molecule has 2 aromatic rings. The summed E-state index contributed by atoms with van der Waals surface area (Å²) in [6.07, 6.45) is 0. The molecule has 0 atom stereocenters. The molecule has 0 bridgehead atoms. The largest absolute Gasteiger partial charge is 0.399 e. The number of rotatable bonds is 2. The molecule has 1 aromatic carbocycles. The van der Waals surface area contributed by atoms with Crippen molar-refractivity contribution in [1.82, 2.24) is 0 Å².